The molecule has 2 rings (SSSR count). The lowest BCUT2D eigenvalue weighted by molar-refractivity contribution is 0.00578. The quantitative estimate of drug-likeness (QED) is 0.526. The monoisotopic (exact) mass is 305 g/mol. The zero-order valence-corrected chi connectivity index (χ0v) is 14.1. The summed E-state index contributed by atoms with van der Waals surface area (Å²) in [6.07, 6.45) is 0. The van der Waals surface area contributed by atoms with E-state index in [0.29, 0.717) is 17.9 Å². The number of rotatable bonds is 3. The first-order chi connectivity index (χ1) is 10.1. The highest BCUT2D eigenvalue weighted by Crippen LogP contribution is 2.37. The van der Waals surface area contributed by atoms with Gasteiger partial charge in [0.1, 0.15) is 0 Å². The number of esters is 1. The molecule has 0 amide bonds. The molecule has 1 aromatic carbocycles. The third kappa shape index (κ3) is 2.85. The third-order valence-electron chi connectivity index (χ3n) is 4.47. The van der Waals surface area contributed by atoms with Crippen LogP contribution in [0.3, 0.4) is 0 Å². The number of hydrogen-bond donors (Lipinski definition) is 1. The first-order valence-electron chi connectivity index (χ1n) is 7.52. The summed E-state index contributed by atoms with van der Waals surface area (Å²) in [5.74, 6) is -0.384. The summed E-state index contributed by atoms with van der Waals surface area (Å²) in [5.41, 5.74) is 7.53. The number of carbonyl (C=O) groups excluding carboxylic acids is 1. The van der Waals surface area contributed by atoms with Gasteiger partial charge in [-0.25, -0.2) is 4.79 Å². The summed E-state index contributed by atoms with van der Waals surface area (Å²) in [6.45, 7) is 11.9. The number of hydrogen-bond acceptors (Lipinski definition) is 5. The molecule has 0 atom stereocenters. The van der Waals surface area contributed by atoms with Crippen LogP contribution in [0, 0.1) is 6.92 Å². The Hall–Kier alpha value is -1.53. The van der Waals surface area contributed by atoms with Crippen LogP contribution in [0.15, 0.2) is 12.1 Å². The summed E-state index contributed by atoms with van der Waals surface area (Å²) < 4.78 is 17.2. The molecule has 1 saturated heterocycles. The average molecular weight is 305 g/mol. The van der Waals surface area contributed by atoms with Crippen molar-refractivity contribution in [2.24, 2.45) is 0 Å². The number of benzene rings is 1. The van der Waals surface area contributed by atoms with Gasteiger partial charge in [-0.3, -0.25) is 0 Å². The molecule has 0 radical (unpaired) electrons. The van der Waals surface area contributed by atoms with Crippen molar-refractivity contribution in [2.45, 2.75) is 52.7 Å². The van der Waals surface area contributed by atoms with Crippen molar-refractivity contribution < 1.29 is 18.8 Å². The Labute approximate surface area is 132 Å². The lowest BCUT2D eigenvalue weighted by atomic mass is 9.74. The Kier molecular flexibility index (Phi) is 4.28. The van der Waals surface area contributed by atoms with E-state index >= 15 is 0 Å². The minimum absolute atomic E-state index is 0.318. The third-order valence-corrected chi connectivity index (χ3v) is 4.47. The topological polar surface area (TPSA) is 70.8 Å². The molecule has 0 saturated carbocycles. The van der Waals surface area contributed by atoms with E-state index in [1.54, 1.807) is 19.1 Å². The molecular formula is C16H24BNO4. The van der Waals surface area contributed by atoms with Crippen molar-refractivity contribution >= 4 is 24.2 Å². The number of ether oxygens (including phenoxy) is 1. The maximum Gasteiger partial charge on any atom is 0.495 e. The van der Waals surface area contributed by atoms with Crippen molar-refractivity contribution in [1.82, 2.24) is 0 Å². The van der Waals surface area contributed by atoms with Crippen LogP contribution in [0.2, 0.25) is 0 Å². The zero-order chi connectivity index (χ0) is 16.7. The van der Waals surface area contributed by atoms with Crippen LogP contribution in [0.5, 0.6) is 0 Å². The van der Waals surface area contributed by atoms with E-state index in [4.69, 9.17) is 19.8 Å². The van der Waals surface area contributed by atoms with Gasteiger partial charge in [0.2, 0.25) is 0 Å². The van der Waals surface area contributed by atoms with Crippen molar-refractivity contribution in [3.8, 4) is 0 Å². The van der Waals surface area contributed by atoms with Gasteiger partial charge in [0, 0.05) is 5.69 Å². The molecule has 2 N–H and O–H groups in total. The highest BCUT2D eigenvalue weighted by Gasteiger charge is 2.52. The number of anilines is 1. The molecule has 0 aromatic heterocycles. The van der Waals surface area contributed by atoms with Crippen molar-refractivity contribution in [1.29, 1.82) is 0 Å². The fourth-order valence-electron chi connectivity index (χ4n) is 2.40. The van der Waals surface area contributed by atoms with E-state index in [2.05, 4.69) is 0 Å². The summed E-state index contributed by atoms with van der Waals surface area (Å²) in [7, 11) is -0.554. The molecule has 1 aliphatic rings. The maximum atomic E-state index is 12.1. The minimum Gasteiger partial charge on any atom is -0.462 e. The van der Waals surface area contributed by atoms with Crippen LogP contribution in [0.4, 0.5) is 5.69 Å². The van der Waals surface area contributed by atoms with Crippen molar-refractivity contribution in [3.05, 3.63) is 23.3 Å². The molecule has 1 aromatic rings. The Morgan fingerprint density at radius 3 is 2.27 bits per heavy atom. The molecule has 22 heavy (non-hydrogen) atoms. The molecule has 5 nitrogen and oxygen atoms in total. The van der Waals surface area contributed by atoms with E-state index < -0.39 is 18.3 Å². The first kappa shape index (κ1) is 16.8. The van der Waals surface area contributed by atoms with Gasteiger partial charge in [0.05, 0.1) is 23.4 Å². The van der Waals surface area contributed by atoms with E-state index in [1.807, 2.05) is 34.6 Å². The normalized spacial score (nSPS) is 19.3. The van der Waals surface area contributed by atoms with Gasteiger partial charge in [-0.1, -0.05) is 0 Å². The van der Waals surface area contributed by atoms with Gasteiger partial charge in [-0.15, -0.1) is 0 Å². The van der Waals surface area contributed by atoms with E-state index in [1.165, 1.54) is 0 Å². The largest absolute Gasteiger partial charge is 0.495 e. The van der Waals surface area contributed by atoms with Gasteiger partial charge in [-0.05, 0) is 64.7 Å². The Morgan fingerprint density at radius 1 is 1.23 bits per heavy atom. The van der Waals surface area contributed by atoms with E-state index in [0.717, 1.165) is 11.0 Å². The second-order valence-corrected chi connectivity index (χ2v) is 6.59. The summed E-state index contributed by atoms with van der Waals surface area (Å²) in [4.78, 5) is 12.1. The first-order valence-corrected chi connectivity index (χ1v) is 7.52. The van der Waals surface area contributed by atoms with Crippen LogP contribution >= 0.6 is 0 Å². The average Bonchev–Trinajstić information content (AvgIpc) is 2.61. The maximum absolute atomic E-state index is 12.1. The van der Waals surface area contributed by atoms with Gasteiger partial charge in [-0.2, -0.15) is 0 Å². The second kappa shape index (κ2) is 5.59. The molecule has 1 fully saturated rings. The van der Waals surface area contributed by atoms with Crippen LogP contribution in [-0.2, 0) is 14.0 Å². The summed E-state index contributed by atoms with van der Waals surface area (Å²) >= 11 is 0. The lowest BCUT2D eigenvalue weighted by Crippen LogP contribution is -2.41. The van der Waals surface area contributed by atoms with Gasteiger partial charge >= 0.3 is 13.1 Å². The van der Waals surface area contributed by atoms with Crippen LogP contribution < -0.4 is 11.2 Å². The second-order valence-electron chi connectivity index (χ2n) is 6.59. The molecule has 6 heteroatoms. The molecule has 0 unspecified atom stereocenters. The number of nitrogen functional groups attached to an aromatic ring is 1. The SMILES string of the molecule is CCOC(=O)c1cc(N)cc(B2OC(C)(C)C(C)(C)O2)c1C. The summed E-state index contributed by atoms with van der Waals surface area (Å²) in [6, 6.07) is 3.42. The predicted octanol–water partition coefficient (Wildman–Crippen LogP) is 2.05. The standard InChI is InChI=1S/C16H24BNO4/c1-7-20-14(19)12-8-11(18)9-13(10(12)2)17-21-15(3,4)16(5,6)22-17/h8-9H,7,18H2,1-6H3. The molecule has 0 aliphatic carbocycles. The Balaban J connectivity index is 2.43. The van der Waals surface area contributed by atoms with E-state index in [9.17, 15) is 4.79 Å². The van der Waals surface area contributed by atoms with Crippen LogP contribution in [-0.4, -0.2) is 30.9 Å². The molecular weight excluding hydrogens is 281 g/mol. The molecule has 120 valence electrons. The fraction of sp³-hybridized carbons (Fsp3) is 0.562. The van der Waals surface area contributed by atoms with Gasteiger partial charge in [0.25, 0.3) is 0 Å². The number of nitrogens with two attached hydrogens (primary N) is 1. The van der Waals surface area contributed by atoms with E-state index in [-0.39, 0.29) is 5.97 Å². The van der Waals surface area contributed by atoms with Gasteiger partial charge < -0.3 is 19.8 Å². The van der Waals surface area contributed by atoms with Gasteiger partial charge in [0.15, 0.2) is 0 Å². The van der Waals surface area contributed by atoms with Crippen LogP contribution in [0.25, 0.3) is 0 Å². The fourth-order valence-corrected chi connectivity index (χ4v) is 2.40. The Morgan fingerprint density at radius 2 is 1.77 bits per heavy atom. The molecule has 1 aliphatic heterocycles. The van der Waals surface area contributed by atoms with Crippen molar-refractivity contribution in [3.63, 3.8) is 0 Å². The summed E-state index contributed by atoms with van der Waals surface area (Å²) in [5, 5.41) is 0. The lowest BCUT2D eigenvalue weighted by Gasteiger charge is -2.32. The minimum atomic E-state index is -0.554. The molecule has 0 bridgehead atoms. The van der Waals surface area contributed by atoms with Crippen molar-refractivity contribution in [2.75, 3.05) is 12.3 Å². The zero-order valence-electron chi connectivity index (χ0n) is 14.1. The molecule has 0 spiro atoms. The Bertz CT molecular complexity index is 582. The van der Waals surface area contributed by atoms with Crippen LogP contribution in [0.1, 0.15) is 50.5 Å². The smallest absolute Gasteiger partial charge is 0.462 e. The number of carbonyl (C=O) groups is 1. The highest BCUT2D eigenvalue weighted by atomic mass is 16.7. The predicted molar refractivity (Wildman–Crippen MR) is 87.3 cm³/mol. The molecule has 1 heterocycles. The highest BCUT2D eigenvalue weighted by molar-refractivity contribution is 6.63.